The monoisotopic (exact) mass is 563 g/mol. The summed E-state index contributed by atoms with van der Waals surface area (Å²) in [6, 6.07) is 9.28. The van der Waals surface area contributed by atoms with Gasteiger partial charge in [-0.25, -0.2) is 4.99 Å². The van der Waals surface area contributed by atoms with Crippen molar-refractivity contribution >= 4 is 30.8 Å². The maximum Gasteiger partial charge on any atom is 0.452 e. The molecule has 1 atom stereocenters. The SMILES string of the molecule is C=N/C(=N\SCN1CCC2(CC1)Cc1cc(-c3ccc(C=O)cc3)ncc1O2)C(F)(F)F.CN1CCC(O)C1. The number of piperidine rings is 1. The second-order valence-corrected chi connectivity index (χ2v) is 10.7. The lowest BCUT2D eigenvalue weighted by atomic mass is 9.87. The predicted octanol–water partition coefficient (Wildman–Crippen LogP) is 4.28. The summed E-state index contributed by atoms with van der Waals surface area (Å²) in [5.41, 5.74) is 3.15. The first-order valence-corrected chi connectivity index (χ1v) is 13.6. The van der Waals surface area contributed by atoms with E-state index in [1.165, 1.54) is 0 Å². The van der Waals surface area contributed by atoms with Crippen molar-refractivity contribution in [1.82, 2.24) is 14.8 Å². The molecule has 1 aromatic heterocycles. The number of aliphatic imine (C=N–C) groups is 1. The first-order chi connectivity index (χ1) is 18.6. The van der Waals surface area contributed by atoms with E-state index in [9.17, 15) is 18.0 Å². The van der Waals surface area contributed by atoms with Crippen LogP contribution in [0.25, 0.3) is 11.3 Å². The number of alkyl halides is 3. The number of aromatic nitrogens is 1. The van der Waals surface area contributed by atoms with Gasteiger partial charge in [0.1, 0.15) is 17.6 Å². The Morgan fingerprint density at radius 1 is 1.28 bits per heavy atom. The highest BCUT2D eigenvalue weighted by Crippen LogP contribution is 2.42. The van der Waals surface area contributed by atoms with Crippen LogP contribution in [0.4, 0.5) is 13.2 Å². The number of likely N-dealkylation sites (tertiary alicyclic amines) is 2. The van der Waals surface area contributed by atoms with Crippen LogP contribution in [-0.4, -0.2) is 95.7 Å². The Labute approximate surface area is 230 Å². The number of nitrogens with zero attached hydrogens (tertiary/aromatic N) is 5. The molecule has 12 heteroatoms. The normalized spacial score (nSPS) is 21.2. The van der Waals surface area contributed by atoms with E-state index in [-0.39, 0.29) is 11.7 Å². The lowest BCUT2D eigenvalue weighted by molar-refractivity contribution is -0.0593. The number of halogens is 3. The molecule has 2 aromatic rings. The largest absolute Gasteiger partial charge is 0.485 e. The maximum atomic E-state index is 12.7. The van der Waals surface area contributed by atoms with Gasteiger partial charge < -0.3 is 14.7 Å². The van der Waals surface area contributed by atoms with Crippen molar-refractivity contribution in [3.8, 4) is 17.0 Å². The predicted molar refractivity (Wildman–Crippen MR) is 147 cm³/mol. The van der Waals surface area contributed by atoms with Crippen LogP contribution in [0.5, 0.6) is 5.75 Å². The average molecular weight is 564 g/mol. The smallest absolute Gasteiger partial charge is 0.452 e. The third kappa shape index (κ3) is 7.65. The Bertz CT molecular complexity index is 1180. The van der Waals surface area contributed by atoms with Crippen LogP contribution >= 0.6 is 11.9 Å². The summed E-state index contributed by atoms with van der Waals surface area (Å²) in [6.07, 6.45) is 1.16. The third-order valence-corrected chi connectivity index (χ3v) is 7.84. The van der Waals surface area contributed by atoms with Crippen molar-refractivity contribution < 1.29 is 27.8 Å². The van der Waals surface area contributed by atoms with Gasteiger partial charge in [0.15, 0.2) is 0 Å². The molecule has 0 aliphatic carbocycles. The molecule has 1 N–H and O–H groups in total. The fourth-order valence-electron chi connectivity index (χ4n) is 4.84. The summed E-state index contributed by atoms with van der Waals surface area (Å²) in [5.74, 6) is -0.0899. The number of benzene rings is 1. The van der Waals surface area contributed by atoms with E-state index in [1.807, 2.05) is 25.2 Å². The summed E-state index contributed by atoms with van der Waals surface area (Å²) in [5, 5.41) is 8.86. The zero-order valence-electron chi connectivity index (χ0n) is 21.7. The van der Waals surface area contributed by atoms with Gasteiger partial charge in [0.05, 0.1) is 23.9 Å². The van der Waals surface area contributed by atoms with Crippen LogP contribution in [0.1, 0.15) is 35.2 Å². The molecule has 0 amide bonds. The van der Waals surface area contributed by atoms with E-state index in [4.69, 9.17) is 9.84 Å². The number of hydrogen-bond donors (Lipinski definition) is 1. The lowest BCUT2D eigenvalue weighted by Crippen LogP contribution is -2.47. The number of carbonyl (C=O) groups is 1. The molecule has 8 nitrogen and oxygen atoms in total. The molecule has 3 aliphatic heterocycles. The van der Waals surface area contributed by atoms with Gasteiger partial charge in [-0.15, -0.1) is 0 Å². The Morgan fingerprint density at radius 3 is 2.54 bits per heavy atom. The Kier molecular flexibility index (Phi) is 9.42. The molecule has 0 bridgehead atoms. The van der Waals surface area contributed by atoms with E-state index in [0.29, 0.717) is 24.5 Å². The van der Waals surface area contributed by atoms with E-state index in [1.54, 1.807) is 18.3 Å². The van der Waals surface area contributed by atoms with Gasteiger partial charge in [0.25, 0.3) is 0 Å². The second-order valence-electron chi connectivity index (χ2n) is 10.0. The number of aliphatic hydroxyl groups is 1. The molecule has 2 saturated heterocycles. The van der Waals surface area contributed by atoms with Gasteiger partial charge in [0.2, 0.25) is 5.84 Å². The number of carbonyl (C=O) groups excluding carboxylic acids is 1. The van der Waals surface area contributed by atoms with Crippen molar-refractivity contribution in [2.24, 2.45) is 9.39 Å². The zero-order chi connectivity index (χ0) is 28.0. The Morgan fingerprint density at radius 2 is 2.00 bits per heavy atom. The summed E-state index contributed by atoms with van der Waals surface area (Å²) in [7, 11) is 2.02. The van der Waals surface area contributed by atoms with Gasteiger partial charge >= 0.3 is 6.18 Å². The molecule has 210 valence electrons. The van der Waals surface area contributed by atoms with Gasteiger partial charge in [0, 0.05) is 62.1 Å². The minimum Gasteiger partial charge on any atom is -0.485 e. The van der Waals surface area contributed by atoms with E-state index >= 15 is 0 Å². The molecule has 39 heavy (non-hydrogen) atoms. The molecule has 4 heterocycles. The van der Waals surface area contributed by atoms with Crippen molar-refractivity contribution in [2.75, 3.05) is 39.1 Å². The summed E-state index contributed by atoms with van der Waals surface area (Å²) < 4.78 is 47.7. The average Bonchev–Trinajstić information content (AvgIpc) is 3.48. The zero-order valence-corrected chi connectivity index (χ0v) is 22.5. The Hall–Kier alpha value is -2.80. The number of hydrogen-bond acceptors (Lipinski definition) is 8. The summed E-state index contributed by atoms with van der Waals surface area (Å²) in [6.45, 7) is 6.25. The number of likely N-dealkylation sites (N-methyl/N-ethyl adjacent to an activating group) is 1. The molecule has 0 radical (unpaired) electrons. The van der Waals surface area contributed by atoms with Crippen molar-refractivity contribution in [3.63, 3.8) is 0 Å². The van der Waals surface area contributed by atoms with Crippen LogP contribution < -0.4 is 4.74 Å². The van der Waals surface area contributed by atoms with Crippen molar-refractivity contribution in [3.05, 3.63) is 47.7 Å². The number of pyridine rings is 1. The molecular weight excluding hydrogens is 531 g/mol. The highest BCUT2D eigenvalue weighted by atomic mass is 32.2. The van der Waals surface area contributed by atoms with Crippen LogP contribution in [0.2, 0.25) is 0 Å². The second kappa shape index (κ2) is 12.6. The molecule has 3 aliphatic rings. The molecule has 1 unspecified atom stereocenters. The molecule has 0 saturated carbocycles. The van der Waals surface area contributed by atoms with Crippen LogP contribution in [-0.2, 0) is 6.42 Å². The number of amidine groups is 1. The number of ether oxygens (including phenoxy) is 1. The third-order valence-electron chi connectivity index (χ3n) is 7.06. The summed E-state index contributed by atoms with van der Waals surface area (Å²) >= 11 is 0.827. The topological polar surface area (TPSA) is 90.6 Å². The van der Waals surface area contributed by atoms with Crippen LogP contribution in [0.3, 0.4) is 0 Å². The highest BCUT2D eigenvalue weighted by Gasteiger charge is 2.42. The Balaban J connectivity index is 0.000000438. The minimum absolute atomic E-state index is 0.0509. The van der Waals surface area contributed by atoms with Crippen molar-refractivity contribution in [2.45, 2.75) is 43.6 Å². The number of rotatable bonds is 5. The lowest BCUT2D eigenvalue weighted by Gasteiger charge is -2.38. The first kappa shape index (κ1) is 29.2. The number of fused-ring (bicyclic) bond motifs is 1. The van der Waals surface area contributed by atoms with Gasteiger partial charge in [-0.3, -0.25) is 14.7 Å². The van der Waals surface area contributed by atoms with Gasteiger partial charge in [-0.05, 0) is 38.2 Å². The van der Waals surface area contributed by atoms with Gasteiger partial charge in [-0.2, -0.15) is 17.6 Å². The summed E-state index contributed by atoms with van der Waals surface area (Å²) in [4.78, 5) is 22.5. The standard InChI is InChI=1S/C22H21F3N4O2S.C5H11NO/c1-26-20(22(23,24)25)28-32-14-29-8-6-21(7-9-29)11-17-10-18(27-12-19(17)31-21)16-4-2-15(13-30)3-5-16;1-6-3-2-5(7)4-6/h2-5,10,12-13H,1,6-9,11,14H2;5,7H,2-4H2,1H3/b28-20-;. The maximum absolute atomic E-state index is 12.7. The van der Waals surface area contributed by atoms with Crippen LogP contribution in [0.15, 0.2) is 45.9 Å². The molecule has 1 spiro atoms. The fraction of sp³-hybridized carbons (Fsp3) is 0.481. The molecule has 2 fully saturated rings. The quantitative estimate of drug-likeness (QED) is 0.251. The van der Waals surface area contributed by atoms with E-state index < -0.39 is 12.0 Å². The number of aliphatic hydroxyl groups excluding tert-OH is 1. The fourth-order valence-corrected chi connectivity index (χ4v) is 5.61. The van der Waals surface area contributed by atoms with Crippen LogP contribution in [0, 0.1) is 0 Å². The number of aldehydes is 1. The van der Waals surface area contributed by atoms with E-state index in [2.05, 4.69) is 30.9 Å². The minimum atomic E-state index is -4.59. The molecule has 5 rings (SSSR count). The van der Waals surface area contributed by atoms with E-state index in [0.717, 1.165) is 79.6 Å². The van der Waals surface area contributed by atoms with Crippen molar-refractivity contribution in [1.29, 1.82) is 0 Å². The highest BCUT2D eigenvalue weighted by molar-refractivity contribution is 7.98. The number of β-amino-alcohol motifs (C(OH)–C–C–N with tert-alkyl or cyclic N) is 1. The molecular formula is C27H32F3N5O3S. The molecule has 1 aromatic carbocycles. The first-order valence-electron chi connectivity index (χ1n) is 12.7. The van der Waals surface area contributed by atoms with Gasteiger partial charge in [-0.1, -0.05) is 24.3 Å².